The van der Waals surface area contributed by atoms with E-state index in [1.165, 1.54) is 0 Å². The Labute approximate surface area is 130 Å². The number of hydrogen-bond donors (Lipinski definition) is 1. The molecule has 1 N–H and O–H groups in total. The smallest absolute Gasteiger partial charge is 0.244 e. The van der Waals surface area contributed by atoms with Gasteiger partial charge < -0.3 is 15.1 Å². The van der Waals surface area contributed by atoms with Crippen LogP contribution in [0.5, 0.6) is 0 Å². The zero-order valence-electron chi connectivity index (χ0n) is 12.8. The highest BCUT2D eigenvalue weighted by Gasteiger charge is 2.17. The van der Waals surface area contributed by atoms with Gasteiger partial charge >= 0.3 is 0 Å². The van der Waals surface area contributed by atoms with Gasteiger partial charge in [-0.25, -0.2) is 0 Å². The Bertz CT molecular complexity index is 581. The number of nitrogens with one attached hydrogen (secondary N) is 1. The molecule has 0 aromatic carbocycles. The molecule has 0 spiro atoms. The van der Waals surface area contributed by atoms with Gasteiger partial charge in [0, 0.05) is 45.1 Å². The van der Waals surface area contributed by atoms with Crippen molar-refractivity contribution in [2.75, 3.05) is 42.9 Å². The Morgan fingerprint density at radius 3 is 2.64 bits per heavy atom. The SMILES string of the molecule is CCN1CCN(c2cnnc(NCc3ccncc3)n2)CC1. The zero-order chi connectivity index (χ0) is 15.2. The summed E-state index contributed by atoms with van der Waals surface area (Å²) in [6.45, 7) is 8.07. The van der Waals surface area contributed by atoms with Crippen molar-refractivity contribution >= 4 is 11.8 Å². The fourth-order valence-electron chi connectivity index (χ4n) is 2.50. The summed E-state index contributed by atoms with van der Waals surface area (Å²) >= 11 is 0. The summed E-state index contributed by atoms with van der Waals surface area (Å²) in [7, 11) is 0. The maximum atomic E-state index is 4.57. The van der Waals surface area contributed by atoms with Crippen molar-refractivity contribution in [3.05, 3.63) is 36.3 Å². The second-order valence-electron chi connectivity index (χ2n) is 5.27. The zero-order valence-corrected chi connectivity index (χ0v) is 12.8. The number of nitrogens with zero attached hydrogens (tertiary/aromatic N) is 6. The Morgan fingerprint density at radius 2 is 1.91 bits per heavy atom. The number of rotatable bonds is 5. The molecule has 7 heteroatoms. The highest BCUT2D eigenvalue weighted by molar-refractivity contribution is 5.41. The minimum absolute atomic E-state index is 0.562. The molecule has 3 rings (SSSR count). The van der Waals surface area contributed by atoms with Crippen molar-refractivity contribution in [2.24, 2.45) is 0 Å². The molecule has 1 saturated heterocycles. The van der Waals surface area contributed by atoms with E-state index in [1.54, 1.807) is 18.6 Å². The van der Waals surface area contributed by atoms with Crippen LogP contribution in [0.1, 0.15) is 12.5 Å². The van der Waals surface area contributed by atoms with Crippen molar-refractivity contribution in [3.63, 3.8) is 0 Å². The van der Waals surface area contributed by atoms with Crippen LogP contribution in [0.3, 0.4) is 0 Å². The average Bonchev–Trinajstić information content (AvgIpc) is 2.61. The molecule has 116 valence electrons. The second kappa shape index (κ2) is 7.13. The van der Waals surface area contributed by atoms with Crippen molar-refractivity contribution in [1.82, 2.24) is 25.1 Å². The molecule has 2 aromatic rings. The lowest BCUT2D eigenvalue weighted by atomic mass is 10.3. The van der Waals surface area contributed by atoms with Crippen molar-refractivity contribution in [3.8, 4) is 0 Å². The van der Waals surface area contributed by atoms with Crippen LogP contribution in [0.4, 0.5) is 11.8 Å². The van der Waals surface area contributed by atoms with Gasteiger partial charge in [0.1, 0.15) is 0 Å². The van der Waals surface area contributed by atoms with Crippen LogP contribution >= 0.6 is 0 Å². The summed E-state index contributed by atoms with van der Waals surface area (Å²) in [5.41, 5.74) is 1.14. The van der Waals surface area contributed by atoms with Crippen LogP contribution in [0.2, 0.25) is 0 Å². The normalized spacial score (nSPS) is 15.8. The first-order valence-corrected chi connectivity index (χ1v) is 7.65. The third-order valence-electron chi connectivity index (χ3n) is 3.89. The largest absolute Gasteiger partial charge is 0.353 e. The van der Waals surface area contributed by atoms with Crippen LogP contribution in [-0.4, -0.2) is 57.8 Å². The third-order valence-corrected chi connectivity index (χ3v) is 3.89. The molecule has 0 unspecified atom stereocenters. The fourth-order valence-corrected chi connectivity index (χ4v) is 2.50. The Balaban J connectivity index is 1.60. The lowest BCUT2D eigenvalue weighted by Gasteiger charge is -2.34. The molecule has 0 saturated carbocycles. The molecular formula is C15H21N7. The van der Waals surface area contributed by atoms with Gasteiger partial charge in [0.25, 0.3) is 0 Å². The molecule has 0 radical (unpaired) electrons. The van der Waals surface area contributed by atoms with Gasteiger partial charge in [-0.2, -0.15) is 10.1 Å². The topological polar surface area (TPSA) is 70.1 Å². The molecule has 1 fully saturated rings. The van der Waals surface area contributed by atoms with Crippen LogP contribution < -0.4 is 10.2 Å². The maximum absolute atomic E-state index is 4.57. The van der Waals surface area contributed by atoms with Crippen LogP contribution in [0.25, 0.3) is 0 Å². The molecule has 0 atom stereocenters. The quantitative estimate of drug-likeness (QED) is 0.884. The molecule has 1 aliphatic rings. The van der Waals surface area contributed by atoms with E-state index in [2.05, 4.69) is 42.2 Å². The minimum Gasteiger partial charge on any atom is -0.353 e. The van der Waals surface area contributed by atoms with Gasteiger partial charge in [-0.1, -0.05) is 6.92 Å². The van der Waals surface area contributed by atoms with E-state index in [0.29, 0.717) is 12.5 Å². The lowest BCUT2D eigenvalue weighted by Crippen LogP contribution is -2.46. The molecule has 22 heavy (non-hydrogen) atoms. The number of piperazine rings is 1. The molecule has 0 aliphatic carbocycles. The number of aromatic nitrogens is 4. The lowest BCUT2D eigenvalue weighted by molar-refractivity contribution is 0.270. The Kier molecular flexibility index (Phi) is 4.75. The van der Waals surface area contributed by atoms with Gasteiger partial charge in [0.15, 0.2) is 5.82 Å². The first-order valence-electron chi connectivity index (χ1n) is 7.65. The minimum atomic E-state index is 0.562. The van der Waals surface area contributed by atoms with E-state index in [0.717, 1.165) is 44.1 Å². The van der Waals surface area contributed by atoms with Crippen molar-refractivity contribution in [2.45, 2.75) is 13.5 Å². The van der Waals surface area contributed by atoms with Gasteiger partial charge in [-0.05, 0) is 24.2 Å². The number of likely N-dealkylation sites (N-methyl/N-ethyl adjacent to an activating group) is 1. The van der Waals surface area contributed by atoms with E-state index < -0.39 is 0 Å². The monoisotopic (exact) mass is 299 g/mol. The summed E-state index contributed by atoms with van der Waals surface area (Å²) in [5, 5.41) is 11.3. The maximum Gasteiger partial charge on any atom is 0.244 e. The summed E-state index contributed by atoms with van der Waals surface area (Å²) < 4.78 is 0. The Hall–Kier alpha value is -2.28. The van der Waals surface area contributed by atoms with E-state index >= 15 is 0 Å². The first kappa shape index (κ1) is 14.6. The molecular weight excluding hydrogens is 278 g/mol. The summed E-state index contributed by atoms with van der Waals surface area (Å²) in [6, 6.07) is 3.93. The third kappa shape index (κ3) is 3.67. The van der Waals surface area contributed by atoms with E-state index in [9.17, 15) is 0 Å². The van der Waals surface area contributed by atoms with Crippen molar-refractivity contribution < 1.29 is 0 Å². The molecule has 1 aliphatic heterocycles. The van der Waals surface area contributed by atoms with E-state index in [-0.39, 0.29) is 0 Å². The Morgan fingerprint density at radius 1 is 1.14 bits per heavy atom. The average molecular weight is 299 g/mol. The standard InChI is InChI=1S/C15H21N7/c1-2-21-7-9-22(10-8-21)14-12-18-20-15(19-14)17-11-13-3-5-16-6-4-13/h3-6,12H,2,7-11H2,1H3,(H,17,19,20). The molecule has 7 nitrogen and oxygen atoms in total. The number of hydrogen-bond acceptors (Lipinski definition) is 7. The molecule has 0 bridgehead atoms. The predicted molar refractivity (Wildman–Crippen MR) is 85.7 cm³/mol. The van der Waals surface area contributed by atoms with Crippen LogP contribution in [-0.2, 0) is 6.54 Å². The first-order chi connectivity index (χ1) is 10.8. The van der Waals surface area contributed by atoms with Gasteiger partial charge in [-0.3, -0.25) is 4.98 Å². The van der Waals surface area contributed by atoms with Crippen molar-refractivity contribution in [1.29, 1.82) is 0 Å². The summed E-state index contributed by atoms with van der Waals surface area (Å²) in [6.07, 6.45) is 5.29. The number of pyridine rings is 1. The number of anilines is 2. The van der Waals surface area contributed by atoms with E-state index in [1.807, 2.05) is 12.1 Å². The molecule has 2 aromatic heterocycles. The highest BCUT2D eigenvalue weighted by Crippen LogP contribution is 2.13. The van der Waals surface area contributed by atoms with Gasteiger partial charge in [-0.15, -0.1) is 5.10 Å². The molecule has 0 amide bonds. The van der Waals surface area contributed by atoms with E-state index in [4.69, 9.17) is 0 Å². The second-order valence-corrected chi connectivity index (χ2v) is 5.27. The van der Waals surface area contributed by atoms with Crippen LogP contribution in [0.15, 0.2) is 30.7 Å². The highest BCUT2D eigenvalue weighted by atomic mass is 15.3. The van der Waals surface area contributed by atoms with Gasteiger partial charge in [0.05, 0.1) is 6.20 Å². The fraction of sp³-hybridized carbons (Fsp3) is 0.467. The summed E-state index contributed by atoms with van der Waals surface area (Å²) in [5.74, 6) is 1.45. The molecule has 3 heterocycles. The predicted octanol–water partition coefficient (Wildman–Crippen LogP) is 1.02. The van der Waals surface area contributed by atoms with Crippen LogP contribution in [0, 0.1) is 0 Å². The summed E-state index contributed by atoms with van der Waals surface area (Å²) in [4.78, 5) is 13.3. The van der Waals surface area contributed by atoms with Gasteiger partial charge in [0.2, 0.25) is 5.95 Å².